The van der Waals surface area contributed by atoms with Crippen LogP contribution in [0.15, 0.2) is 35.3 Å². The smallest absolute Gasteiger partial charge is 0.0385 e. The van der Waals surface area contributed by atoms with Gasteiger partial charge in [-0.3, -0.25) is 4.99 Å². The van der Waals surface area contributed by atoms with Crippen molar-refractivity contribution >= 4 is 6.21 Å². The van der Waals surface area contributed by atoms with Gasteiger partial charge in [-0.2, -0.15) is 0 Å². The minimum atomic E-state index is 0.138. The molecule has 0 radical (unpaired) electrons. The molecule has 0 saturated carbocycles. The molecule has 2 heteroatoms. The Morgan fingerprint density at radius 3 is 2.42 bits per heavy atom. The largest absolute Gasteiger partial charge is 0.330 e. The second-order valence-electron chi connectivity index (χ2n) is 5.89. The van der Waals surface area contributed by atoms with Crippen LogP contribution in [0.25, 0.3) is 0 Å². The molecule has 0 bridgehead atoms. The van der Waals surface area contributed by atoms with Crippen LogP contribution in [-0.4, -0.2) is 19.3 Å². The second-order valence-corrected chi connectivity index (χ2v) is 5.89. The van der Waals surface area contributed by atoms with E-state index < -0.39 is 0 Å². The van der Waals surface area contributed by atoms with Crippen molar-refractivity contribution in [3.05, 3.63) is 35.9 Å². The molecule has 1 aromatic rings. The van der Waals surface area contributed by atoms with Crippen molar-refractivity contribution in [3.63, 3.8) is 0 Å². The van der Waals surface area contributed by atoms with E-state index in [9.17, 15) is 0 Å². The molecule has 0 aliphatic rings. The highest BCUT2D eigenvalue weighted by atomic mass is 14.7. The third-order valence-corrected chi connectivity index (χ3v) is 3.18. The highest BCUT2D eigenvalue weighted by Gasteiger charge is 2.15. The third kappa shape index (κ3) is 7.78. The van der Waals surface area contributed by atoms with E-state index in [2.05, 4.69) is 55.4 Å². The first-order valence-electron chi connectivity index (χ1n) is 7.39. The molecule has 0 atom stereocenters. The van der Waals surface area contributed by atoms with Gasteiger partial charge in [-0.25, -0.2) is 0 Å². The summed E-state index contributed by atoms with van der Waals surface area (Å²) >= 11 is 0. The van der Waals surface area contributed by atoms with Crippen molar-refractivity contribution in [1.82, 2.24) is 0 Å². The standard InChI is InChI=1S/C17H28N2/c1-17(2,14-16-10-6-5-7-11-16)15-19-13-9-4-3-8-12-18/h5-7,10-11,15H,3-4,8-9,12-14,18H2,1-2H3. The second kappa shape index (κ2) is 8.87. The van der Waals surface area contributed by atoms with Gasteiger partial charge in [-0.05, 0) is 31.4 Å². The average Bonchev–Trinajstić information content (AvgIpc) is 2.38. The van der Waals surface area contributed by atoms with Crippen molar-refractivity contribution < 1.29 is 0 Å². The van der Waals surface area contributed by atoms with Gasteiger partial charge in [0.15, 0.2) is 0 Å². The number of benzene rings is 1. The van der Waals surface area contributed by atoms with E-state index >= 15 is 0 Å². The van der Waals surface area contributed by atoms with Crippen LogP contribution < -0.4 is 5.73 Å². The predicted octanol–water partition coefficient (Wildman–Crippen LogP) is 3.85. The van der Waals surface area contributed by atoms with Crippen LogP contribution in [0, 0.1) is 5.41 Å². The number of rotatable bonds is 9. The summed E-state index contributed by atoms with van der Waals surface area (Å²) in [5, 5.41) is 0. The average molecular weight is 260 g/mol. The van der Waals surface area contributed by atoms with Crippen molar-refractivity contribution in [1.29, 1.82) is 0 Å². The zero-order valence-electron chi connectivity index (χ0n) is 12.4. The van der Waals surface area contributed by atoms with Gasteiger partial charge in [0, 0.05) is 18.2 Å². The molecule has 106 valence electrons. The van der Waals surface area contributed by atoms with E-state index in [1.54, 1.807) is 0 Å². The van der Waals surface area contributed by atoms with Crippen LogP contribution in [0.4, 0.5) is 0 Å². The molecule has 0 aliphatic heterocycles. The molecule has 1 aromatic carbocycles. The molecular formula is C17H28N2. The number of nitrogens with zero attached hydrogens (tertiary/aromatic N) is 1. The Hall–Kier alpha value is -1.15. The lowest BCUT2D eigenvalue weighted by Gasteiger charge is -2.19. The molecule has 1 rings (SSSR count). The molecule has 0 saturated heterocycles. The minimum absolute atomic E-state index is 0.138. The quantitative estimate of drug-likeness (QED) is 0.531. The van der Waals surface area contributed by atoms with Crippen LogP contribution in [0.5, 0.6) is 0 Å². The van der Waals surface area contributed by atoms with Crippen LogP contribution in [0.2, 0.25) is 0 Å². The van der Waals surface area contributed by atoms with Gasteiger partial charge in [0.25, 0.3) is 0 Å². The topological polar surface area (TPSA) is 38.4 Å². The number of nitrogens with two attached hydrogens (primary N) is 1. The lowest BCUT2D eigenvalue weighted by molar-refractivity contribution is 0.530. The molecule has 2 N–H and O–H groups in total. The van der Waals surface area contributed by atoms with Gasteiger partial charge in [-0.15, -0.1) is 0 Å². The van der Waals surface area contributed by atoms with Crippen molar-refractivity contribution in [2.45, 2.75) is 46.0 Å². The summed E-state index contributed by atoms with van der Waals surface area (Å²) in [5.41, 5.74) is 6.98. The van der Waals surface area contributed by atoms with Gasteiger partial charge >= 0.3 is 0 Å². The molecule has 0 amide bonds. The fraction of sp³-hybridized carbons (Fsp3) is 0.588. The Bertz CT molecular complexity index is 355. The molecule has 2 nitrogen and oxygen atoms in total. The summed E-state index contributed by atoms with van der Waals surface area (Å²) in [7, 11) is 0. The Labute approximate surface area is 118 Å². The minimum Gasteiger partial charge on any atom is -0.330 e. The number of hydrogen-bond donors (Lipinski definition) is 1. The first-order chi connectivity index (χ1) is 9.14. The highest BCUT2D eigenvalue weighted by molar-refractivity contribution is 5.65. The van der Waals surface area contributed by atoms with Gasteiger partial charge < -0.3 is 5.73 Å². The fourth-order valence-corrected chi connectivity index (χ4v) is 2.18. The summed E-state index contributed by atoms with van der Waals surface area (Å²) in [6, 6.07) is 10.6. The molecule has 0 aromatic heterocycles. The summed E-state index contributed by atoms with van der Waals surface area (Å²) in [6.45, 7) is 6.26. The van der Waals surface area contributed by atoms with Gasteiger partial charge in [0.2, 0.25) is 0 Å². The monoisotopic (exact) mass is 260 g/mol. The molecule has 19 heavy (non-hydrogen) atoms. The maximum absolute atomic E-state index is 5.47. The van der Waals surface area contributed by atoms with Gasteiger partial charge in [0.1, 0.15) is 0 Å². The fourth-order valence-electron chi connectivity index (χ4n) is 2.18. The number of aliphatic imine (C=N–C) groups is 1. The first-order valence-corrected chi connectivity index (χ1v) is 7.39. The summed E-state index contributed by atoms with van der Waals surface area (Å²) < 4.78 is 0. The van der Waals surface area contributed by atoms with Crippen molar-refractivity contribution in [2.24, 2.45) is 16.1 Å². The zero-order valence-corrected chi connectivity index (χ0v) is 12.4. The molecular weight excluding hydrogens is 232 g/mol. The van der Waals surface area contributed by atoms with E-state index in [1.807, 2.05) is 0 Å². The zero-order chi connectivity index (χ0) is 14.0. The van der Waals surface area contributed by atoms with Crippen molar-refractivity contribution in [3.8, 4) is 0 Å². The Morgan fingerprint density at radius 1 is 1.05 bits per heavy atom. The van der Waals surface area contributed by atoms with Crippen LogP contribution >= 0.6 is 0 Å². The van der Waals surface area contributed by atoms with Gasteiger partial charge in [0.05, 0.1) is 0 Å². The summed E-state index contributed by atoms with van der Waals surface area (Å²) in [5.74, 6) is 0. The van der Waals surface area contributed by atoms with E-state index in [1.165, 1.54) is 24.8 Å². The molecule has 0 unspecified atom stereocenters. The highest BCUT2D eigenvalue weighted by Crippen LogP contribution is 2.19. The lowest BCUT2D eigenvalue weighted by Crippen LogP contribution is -2.17. The Morgan fingerprint density at radius 2 is 1.74 bits per heavy atom. The maximum Gasteiger partial charge on any atom is 0.0385 e. The Balaban J connectivity index is 2.25. The summed E-state index contributed by atoms with van der Waals surface area (Å²) in [4.78, 5) is 4.58. The summed E-state index contributed by atoms with van der Waals surface area (Å²) in [6.07, 6.45) is 7.97. The number of unbranched alkanes of at least 4 members (excludes halogenated alkanes) is 3. The normalized spacial score (nSPS) is 12.2. The van der Waals surface area contributed by atoms with Crippen molar-refractivity contribution in [2.75, 3.05) is 13.1 Å². The molecule has 0 heterocycles. The van der Waals surface area contributed by atoms with Gasteiger partial charge in [-0.1, -0.05) is 57.0 Å². The van der Waals surface area contributed by atoms with E-state index in [-0.39, 0.29) is 5.41 Å². The lowest BCUT2D eigenvalue weighted by atomic mass is 9.87. The maximum atomic E-state index is 5.47. The SMILES string of the molecule is CC(C)(C=NCCCCCCN)Cc1ccccc1. The van der Waals surface area contributed by atoms with E-state index in [0.717, 1.165) is 25.9 Å². The predicted molar refractivity (Wildman–Crippen MR) is 84.8 cm³/mol. The molecule has 0 fully saturated rings. The van der Waals surface area contributed by atoms with E-state index in [0.29, 0.717) is 0 Å². The van der Waals surface area contributed by atoms with Crippen LogP contribution in [-0.2, 0) is 6.42 Å². The molecule has 0 spiro atoms. The first kappa shape index (κ1) is 15.9. The van der Waals surface area contributed by atoms with E-state index in [4.69, 9.17) is 5.73 Å². The molecule has 0 aliphatic carbocycles. The number of hydrogen-bond acceptors (Lipinski definition) is 2. The third-order valence-electron chi connectivity index (χ3n) is 3.18. The Kier molecular flexibility index (Phi) is 7.42. The van der Waals surface area contributed by atoms with Crippen LogP contribution in [0.3, 0.4) is 0 Å². The van der Waals surface area contributed by atoms with Crippen LogP contribution in [0.1, 0.15) is 45.1 Å².